The first-order valence-corrected chi connectivity index (χ1v) is 9.41. The lowest BCUT2D eigenvalue weighted by atomic mass is 10.1. The molecule has 0 spiro atoms. The molecule has 2 N–H and O–H groups in total. The molecule has 1 unspecified atom stereocenters. The van der Waals surface area contributed by atoms with E-state index in [1.54, 1.807) is 7.05 Å². The maximum atomic E-state index is 11.3. The van der Waals surface area contributed by atoms with E-state index >= 15 is 0 Å². The lowest BCUT2D eigenvalue weighted by Gasteiger charge is -2.25. The first-order valence-electron chi connectivity index (χ1n) is 9.41. The van der Waals surface area contributed by atoms with Crippen LogP contribution in [-0.4, -0.2) is 56.7 Å². The van der Waals surface area contributed by atoms with Crippen LogP contribution in [0.4, 0.5) is 0 Å². The molecule has 26 heavy (non-hydrogen) atoms. The molecule has 0 aliphatic heterocycles. The summed E-state index contributed by atoms with van der Waals surface area (Å²) < 4.78 is 4.91. The summed E-state index contributed by atoms with van der Waals surface area (Å²) in [6.07, 6.45) is 2.18. The fourth-order valence-corrected chi connectivity index (χ4v) is 2.54. The summed E-state index contributed by atoms with van der Waals surface area (Å²) >= 11 is 0. The van der Waals surface area contributed by atoms with E-state index in [1.165, 1.54) is 5.56 Å². The maximum Gasteiger partial charge on any atom is 0.305 e. The topological polar surface area (TPSA) is 66.0 Å². The molecule has 0 radical (unpaired) electrons. The summed E-state index contributed by atoms with van der Waals surface area (Å²) in [4.78, 5) is 17.9. The highest BCUT2D eigenvalue weighted by Crippen LogP contribution is 2.07. The van der Waals surface area contributed by atoms with Crippen LogP contribution in [0.15, 0.2) is 35.3 Å². The lowest BCUT2D eigenvalue weighted by molar-refractivity contribution is -0.143. The lowest BCUT2D eigenvalue weighted by Crippen LogP contribution is -2.40. The zero-order valence-corrected chi connectivity index (χ0v) is 16.6. The van der Waals surface area contributed by atoms with Crippen LogP contribution in [-0.2, 0) is 16.1 Å². The third kappa shape index (κ3) is 9.42. The number of guanidine groups is 1. The molecule has 1 rings (SSSR count). The molecule has 0 saturated heterocycles. The molecule has 0 heterocycles. The van der Waals surface area contributed by atoms with Crippen molar-refractivity contribution in [2.45, 2.75) is 45.7 Å². The average Bonchev–Trinajstić information content (AvgIpc) is 2.64. The number of carbonyl (C=O) groups excluding carboxylic acids is 1. The zero-order chi connectivity index (χ0) is 19.2. The molecule has 1 aromatic rings. The van der Waals surface area contributed by atoms with E-state index in [0.717, 1.165) is 31.9 Å². The van der Waals surface area contributed by atoms with Crippen LogP contribution in [0.1, 0.15) is 38.7 Å². The molecule has 1 atom stereocenters. The summed E-state index contributed by atoms with van der Waals surface area (Å²) in [6, 6.07) is 11.0. The first-order chi connectivity index (χ1) is 12.6. The largest absolute Gasteiger partial charge is 0.466 e. The number of aliphatic imine (C=N–C) groups is 1. The van der Waals surface area contributed by atoms with Crippen LogP contribution in [0, 0.1) is 0 Å². The van der Waals surface area contributed by atoms with Crippen LogP contribution in [0.5, 0.6) is 0 Å². The second-order valence-electron chi connectivity index (χ2n) is 6.37. The van der Waals surface area contributed by atoms with Gasteiger partial charge in [-0.05, 0) is 39.3 Å². The third-order valence-corrected chi connectivity index (χ3v) is 4.26. The Kier molecular flexibility index (Phi) is 11.1. The molecule has 6 nitrogen and oxygen atoms in total. The number of nitrogens with zero attached hydrogens (tertiary/aromatic N) is 2. The molecule has 0 aliphatic carbocycles. The molecule has 0 amide bonds. The van der Waals surface area contributed by atoms with Crippen molar-refractivity contribution in [1.82, 2.24) is 15.5 Å². The van der Waals surface area contributed by atoms with Gasteiger partial charge in [-0.3, -0.25) is 14.7 Å². The van der Waals surface area contributed by atoms with Gasteiger partial charge in [0, 0.05) is 39.1 Å². The van der Waals surface area contributed by atoms with Gasteiger partial charge < -0.3 is 15.4 Å². The number of rotatable bonds is 11. The highest BCUT2D eigenvalue weighted by atomic mass is 16.5. The second kappa shape index (κ2) is 13.2. The Balaban J connectivity index is 2.19. The van der Waals surface area contributed by atoms with E-state index in [0.29, 0.717) is 25.6 Å². The van der Waals surface area contributed by atoms with E-state index in [-0.39, 0.29) is 5.97 Å². The van der Waals surface area contributed by atoms with Gasteiger partial charge in [-0.15, -0.1) is 0 Å². The monoisotopic (exact) mass is 362 g/mol. The van der Waals surface area contributed by atoms with Crippen molar-refractivity contribution in [3.63, 3.8) is 0 Å². The third-order valence-electron chi connectivity index (χ3n) is 4.26. The van der Waals surface area contributed by atoms with Crippen LogP contribution in [0.25, 0.3) is 0 Å². The minimum Gasteiger partial charge on any atom is -0.466 e. The van der Waals surface area contributed by atoms with Crippen LogP contribution >= 0.6 is 0 Å². The van der Waals surface area contributed by atoms with E-state index in [9.17, 15) is 4.79 Å². The Morgan fingerprint density at radius 1 is 1.23 bits per heavy atom. The molecular weight excluding hydrogens is 328 g/mol. The Morgan fingerprint density at radius 3 is 2.58 bits per heavy atom. The number of ether oxygens (including phenoxy) is 1. The predicted octanol–water partition coefficient (Wildman–Crippen LogP) is 2.41. The number of nitrogens with one attached hydrogen (secondary N) is 2. The van der Waals surface area contributed by atoms with Crippen molar-refractivity contribution < 1.29 is 9.53 Å². The second-order valence-corrected chi connectivity index (χ2v) is 6.37. The Labute approximate surface area is 158 Å². The van der Waals surface area contributed by atoms with Gasteiger partial charge in [0.25, 0.3) is 0 Å². The molecule has 0 fully saturated rings. The SMILES string of the molecule is CCOC(=O)CCCNC(=NC)NCCC(C)N(C)Cc1ccccc1. The maximum absolute atomic E-state index is 11.3. The van der Waals surface area contributed by atoms with E-state index < -0.39 is 0 Å². The van der Waals surface area contributed by atoms with Crippen molar-refractivity contribution >= 4 is 11.9 Å². The number of esters is 1. The Morgan fingerprint density at radius 2 is 1.92 bits per heavy atom. The molecule has 0 aromatic heterocycles. The molecule has 1 aromatic carbocycles. The standard InChI is InChI=1S/C20H34N4O2/c1-5-26-19(25)12-9-14-22-20(21-3)23-15-13-17(2)24(4)16-18-10-7-6-8-11-18/h6-8,10-11,17H,5,9,12-16H2,1-4H3,(H2,21,22,23). The highest BCUT2D eigenvalue weighted by Gasteiger charge is 2.10. The minimum absolute atomic E-state index is 0.146. The molecular formula is C20H34N4O2. The van der Waals surface area contributed by atoms with Gasteiger partial charge in [0.05, 0.1) is 6.61 Å². The van der Waals surface area contributed by atoms with Gasteiger partial charge in [-0.25, -0.2) is 0 Å². The van der Waals surface area contributed by atoms with Crippen molar-refractivity contribution in [2.24, 2.45) is 4.99 Å². The number of hydrogen-bond donors (Lipinski definition) is 2. The fraction of sp³-hybridized carbons (Fsp3) is 0.600. The summed E-state index contributed by atoms with van der Waals surface area (Å²) in [7, 11) is 3.91. The zero-order valence-electron chi connectivity index (χ0n) is 16.6. The fourth-order valence-electron chi connectivity index (χ4n) is 2.54. The van der Waals surface area contributed by atoms with Crippen molar-refractivity contribution in [2.75, 3.05) is 33.8 Å². The quantitative estimate of drug-likeness (QED) is 0.274. The summed E-state index contributed by atoms with van der Waals surface area (Å²) in [5, 5.41) is 6.56. The van der Waals surface area contributed by atoms with Gasteiger partial charge in [0.2, 0.25) is 0 Å². The van der Waals surface area contributed by atoms with E-state index in [2.05, 4.69) is 58.8 Å². The van der Waals surface area contributed by atoms with Crippen molar-refractivity contribution in [3.05, 3.63) is 35.9 Å². The number of hydrogen-bond acceptors (Lipinski definition) is 4. The van der Waals surface area contributed by atoms with Crippen molar-refractivity contribution in [3.8, 4) is 0 Å². The van der Waals surface area contributed by atoms with Gasteiger partial charge in [-0.2, -0.15) is 0 Å². The Bertz CT molecular complexity index is 534. The van der Waals surface area contributed by atoms with E-state index in [4.69, 9.17) is 4.74 Å². The van der Waals surface area contributed by atoms with Crippen LogP contribution in [0.3, 0.4) is 0 Å². The normalized spacial score (nSPS) is 12.7. The van der Waals surface area contributed by atoms with E-state index in [1.807, 2.05) is 13.0 Å². The average molecular weight is 363 g/mol. The van der Waals surface area contributed by atoms with Gasteiger partial charge in [-0.1, -0.05) is 30.3 Å². The Hall–Kier alpha value is -2.08. The number of carbonyl (C=O) groups is 1. The van der Waals surface area contributed by atoms with Gasteiger partial charge in [0.15, 0.2) is 5.96 Å². The minimum atomic E-state index is -0.146. The van der Waals surface area contributed by atoms with Crippen molar-refractivity contribution in [1.29, 1.82) is 0 Å². The smallest absolute Gasteiger partial charge is 0.305 e. The summed E-state index contributed by atoms with van der Waals surface area (Å²) in [5.41, 5.74) is 1.33. The summed E-state index contributed by atoms with van der Waals surface area (Å²) in [5.74, 6) is 0.624. The molecule has 146 valence electrons. The molecule has 0 saturated carbocycles. The molecule has 6 heteroatoms. The first kappa shape index (κ1) is 22.0. The van der Waals surface area contributed by atoms with Gasteiger partial charge >= 0.3 is 5.97 Å². The molecule has 0 bridgehead atoms. The molecule has 0 aliphatic rings. The van der Waals surface area contributed by atoms with Gasteiger partial charge in [0.1, 0.15) is 0 Å². The van der Waals surface area contributed by atoms with Crippen LogP contribution in [0.2, 0.25) is 0 Å². The predicted molar refractivity (Wildman–Crippen MR) is 107 cm³/mol. The van der Waals surface area contributed by atoms with Crippen LogP contribution < -0.4 is 10.6 Å². The summed E-state index contributed by atoms with van der Waals surface area (Å²) in [6.45, 7) is 6.98. The highest BCUT2D eigenvalue weighted by molar-refractivity contribution is 5.79. The number of benzene rings is 1.